The lowest BCUT2D eigenvalue weighted by molar-refractivity contribution is -0.136. The molecule has 0 saturated heterocycles. The van der Waals surface area contributed by atoms with Gasteiger partial charge in [0.25, 0.3) is 0 Å². The molecule has 0 amide bonds. The number of H-pyrrole nitrogens is 1. The molecule has 0 spiro atoms. The third kappa shape index (κ3) is 2.68. The Labute approximate surface area is 111 Å². The van der Waals surface area contributed by atoms with Gasteiger partial charge in [-0.15, -0.1) is 0 Å². The second kappa shape index (κ2) is 4.89. The summed E-state index contributed by atoms with van der Waals surface area (Å²) < 4.78 is 0.495. The minimum absolute atomic E-state index is 0.113. The molecular formula is C11H8BrClN2O2. The van der Waals surface area contributed by atoms with Gasteiger partial charge < -0.3 is 10.1 Å². The first-order valence-electron chi connectivity index (χ1n) is 4.79. The van der Waals surface area contributed by atoms with Gasteiger partial charge in [-0.2, -0.15) is 0 Å². The first-order valence-corrected chi connectivity index (χ1v) is 5.96. The lowest BCUT2D eigenvalue weighted by Gasteiger charge is -1.98. The van der Waals surface area contributed by atoms with Crippen LogP contribution in [0.3, 0.4) is 0 Å². The number of nitrogens with zero attached hydrogens (tertiary/aromatic N) is 1. The highest BCUT2D eigenvalue weighted by Gasteiger charge is 2.13. The highest BCUT2D eigenvalue weighted by molar-refractivity contribution is 9.10. The minimum Gasteiger partial charge on any atom is -0.481 e. The van der Waals surface area contributed by atoms with Crippen molar-refractivity contribution in [3.05, 3.63) is 39.6 Å². The number of halogens is 2. The molecule has 1 aromatic heterocycles. The van der Waals surface area contributed by atoms with Crippen molar-refractivity contribution in [2.45, 2.75) is 6.42 Å². The number of aromatic amines is 1. The van der Waals surface area contributed by atoms with Crippen LogP contribution in [0.25, 0.3) is 11.4 Å². The molecule has 2 aromatic rings. The maximum Gasteiger partial charge on any atom is 0.309 e. The van der Waals surface area contributed by atoms with Gasteiger partial charge in [-0.1, -0.05) is 23.7 Å². The standard InChI is InChI=1S/C11H8BrClN2O2/c12-10-8(5-9(16)17)14-11(15-10)6-3-1-2-4-7(6)13/h1-4H,5H2,(H,14,15)(H,16,17). The fourth-order valence-electron chi connectivity index (χ4n) is 1.44. The molecule has 0 saturated carbocycles. The number of aliphatic carboxylic acids is 1. The van der Waals surface area contributed by atoms with Gasteiger partial charge in [0.05, 0.1) is 17.1 Å². The number of imidazole rings is 1. The van der Waals surface area contributed by atoms with E-state index < -0.39 is 5.97 Å². The number of hydrogen-bond acceptors (Lipinski definition) is 2. The van der Waals surface area contributed by atoms with E-state index in [1.165, 1.54) is 0 Å². The van der Waals surface area contributed by atoms with Gasteiger partial charge in [-0.25, -0.2) is 4.98 Å². The number of benzene rings is 1. The van der Waals surface area contributed by atoms with Crippen LogP contribution in [-0.4, -0.2) is 21.0 Å². The van der Waals surface area contributed by atoms with E-state index in [0.29, 0.717) is 21.1 Å². The third-order valence-corrected chi connectivity index (χ3v) is 3.17. The Bertz CT molecular complexity index is 568. The molecule has 4 nitrogen and oxygen atoms in total. The summed E-state index contributed by atoms with van der Waals surface area (Å²) in [7, 11) is 0. The molecule has 0 atom stereocenters. The number of rotatable bonds is 3. The fourth-order valence-corrected chi connectivity index (χ4v) is 2.08. The Hall–Kier alpha value is -1.33. The molecule has 2 rings (SSSR count). The van der Waals surface area contributed by atoms with Gasteiger partial charge in [0.2, 0.25) is 0 Å². The number of aromatic nitrogens is 2. The first-order chi connectivity index (χ1) is 8.08. The molecule has 0 aliphatic carbocycles. The predicted octanol–water partition coefficient (Wildman–Crippen LogP) is 3.12. The Morgan fingerprint density at radius 2 is 2.18 bits per heavy atom. The van der Waals surface area contributed by atoms with Gasteiger partial charge in [0.1, 0.15) is 10.4 Å². The molecular weight excluding hydrogens is 307 g/mol. The summed E-state index contributed by atoms with van der Waals surface area (Å²) >= 11 is 9.25. The van der Waals surface area contributed by atoms with Crippen LogP contribution in [0.2, 0.25) is 5.02 Å². The van der Waals surface area contributed by atoms with Crippen LogP contribution in [0.4, 0.5) is 0 Å². The van der Waals surface area contributed by atoms with E-state index in [1.54, 1.807) is 6.07 Å². The van der Waals surface area contributed by atoms with Crippen molar-refractivity contribution in [1.29, 1.82) is 0 Å². The van der Waals surface area contributed by atoms with Crippen molar-refractivity contribution in [1.82, 2.24) is 9.97 Å². The fraction of sp³-hybridized carbons (Fsp3) is 0.0909. The average molecular weight is 316 g/mol. The number of carboxylic acids is 1. The molecule has 0 aliphatic heterocycles. The van der Waals surface area contributed by atoms with Crippen LogP contribution in [-0.2, 0) is 11.2 Å². The molecule has 17 heavy (non-hydrogen) atoms. The summed E-state index contributed by atoms with van der Waals surface area (Å²) in [4.78, 5) is 17.8. The third-order valence-electron chi connectivity index (χ3n) is 2.19. The molecule has 2 N–H and O–H groups in total. The molecule has 6 heteroatoms. The topological polar surface area (TPSA) is 66.0 Å². The van der Waals surface area contributed by atoms with Crippen LogP contribution >= 0.6 is 27.5 Å². The van der Waals surface area contributed by atoms with Crippen molar-refractivity contribution in [3.63, 3.8) is 0 Å². The Balaban J connectivity index is 2.41. The van der Waals surface area contributed by atoms with Gasteiger partial charge in [-0.3, -0.25) is 4.79 Å². The molecule has 0 fully saturated rings. The maximum atomic E-state index is 10.6. The summed E-state index contributed by atoms with van der Waals surface area (Å²) in [5.74, 6) is -0.362. The highest BCUT2D eigenvalue weighted by atomic mass is 79.9. The van der Waals surface area contributed by atoms with Crippen LogP contribution < -0.4 is 0 Å². The molecule has 0 aliphatic rings. The average Bonchev–Trinajstić information content (AvgIpc) is 2.60. The van der Waals surface area contributed by atoms with Crippen LogP contribution in [0, 0.1) is 0 Å². The van der Waals surface area contributed by atoms with Crippen molar-refractivity contribution in [2.24, 2.45) is 0 Å². The van der Waals surface area contributed by atoms with Crippen molar-refractivity contribution in [3.8, 4) is 11.4 Å². The van der Waals surface area contributed by atoms with E-state index in [0.717, 1.165) is 5.56 Å². The van der Waals surface area contributed by atoms with Crippen LogP contribution in [0.1, 0.15) is 5.69 Å². The normalized spacial score (nSPS) is 10.5. The molecule has 0 bridgehead atoms. The van der Waals surface area contributed by atoms with Gasteiger partial charge in [-0.05, 0) is 28.1 Å². The van der Waals surface area contributed by atoms with E-state index in [2.05, 4.69) is 25.9 Å². The summed E-state index contributed by atoms with van der Waals surface area (Å²) in [5, 5.41) is 9.30. The number of carbonyl (C=O) groups is 1. The zero-order valence-electron chi connectivity index (χ0n) is 8.58. The van der Waals surface area contributed by atoms with Gasteiger partial charge >= 0.3 is 5.97 Å². The van der Waals surface area contributed by atoms with E-state index in [1.807, 2.05) is 18.2 Å². The van der Waals surface area contributed by atoms with Crippen molar-refractivity contribution < 1.29 is 9.90 Å². The lowest BCUT2D eigenvalue weighted by Crippen LogP contribution is -2.00. The zero-order chi connectivity index (χ0) is 12.4. The summed E-state index contributed by atoms with van der Waals surface area (Å²) in [5.41, 5.74) is 1.26. The summed E-state index contributed by atoms with van der Waals surface area (Å²) in [6, 6.07) is 7.23. The van der Waals surface area contributed by atoms with Crippen molar-refractivity contribution >= 4 is 33.5 Å². The van der Waals surface area contributed by atoms with E-state index in [-0.39, 0.29) is 6.42 Å². The first kappa shape index (κ1) is 12.1. The van der Waals surface area contributed by atoms with E-state index in [9.17, 15) is 4.79 Å². The second-order valence-corrected chi connectivity index (χ2v) is 4.56. The largest absolute Gasteiger partial charge is 0.481 e. The van der Waals surface area contributed by atoms with Crippen LogP contribution in [0.5, 0.6) is 0 Å². The summed E-state index contributed by atoms with van der Waals surface area (Å²) in [6.45, 7) is 0. The Kier molecular flexibility index (Phi) is 3.49. The molecule has 88 valence electrons. The van der Waals surface area contributed by atoms with Crippen LogP contribution in [0.15, 0.2) is 28.9 Å². The molecule has 1 heterocycles. The Morgan fingerprint density at radius 3 is 2.82 bits per heavy atom. The summed E-state index contributed by atoms with van der Waals surface area (Å²) in [6.07, 6.45) is -0.113. The second-order valence-electron chi connectivity index (χ2n) is 3.41. The van der Waals surface area contributed by atoms with E-state index >= 15 is 0 Å². The number of hydrogen-bond donors (Lipinski definition) is 2. The van der Waals surface area contributed by atoms with E-state index in [4.69, 9.17) is 16.7 Å². The lowest BCUT2D eigenvalue weighted by atomic mass is 10.2. The van der Waals surface area contributed by atoms with Gasteiger partial charge in [0.15, 0.2) is 0 Å². The smallest absolute Gasteiger partial charge is 0.309 e. The molecule has 0 radical (unpaired) electrons. The predicted molar refractivity (Wildman–Crippen MR) is 68.1 cm³/mol. The minimum atomic E-state index is -0.917. The molecule has 0 unspecified atom stereocenters. The van der Waals surface area contributed by atoms with Crippen molar-refractivity contribution in [2.75, 3.05) is 0 Å². The number of nitrogens with one attached hydrogen (secondary N) is 1. The molecule has 1 aromatic carbocycles. The maximum absolute atomic E-state index is 10.6. The SMILES string of the molecule is O=C(O)Cc1[nH]c(-c2ccccc2Cl)nc1Br. The quantitative estimate of drug-likeness (QED) is 0.914. The Morgan fingerprint density at radius 1 is 1.47 bits per heavy atom. The highest BCUT2D eigenvalue weighted by Crippen LogP contribution is 2.27. The number of carboxylic acid groups (broad SMARTS) is 1. The zero-order valence-corrected chi connectivity index (χ0v) is 10.9. The van der Waals surface area contributed by atoms with Gasteiger partial charge in [0, 0.05) is 5.56 Å². The monoisotopic (exact) mass is 314 g/mol.